The van der Waals surface area contributed by atoms with Gasteiger partial charge < -0.3 is 10.0 Å². The third-order valence-electron chi connectivity index (χ3n) is 5.29. The van der Waals surface area contributed by atoms with Gasteiger partial charge in [-0.15, -0.1) is 0 Å². The number of benzene rings is 1. The van der Waals surface area contributed by atoms with Crippen molar-refractivity contribution in [2.75, 3.05) is 18.6 Å². The van der Waals surface area contributed by atoms with Gasteiger partial charge in [-0.3, -0.25) is 4.79 Å². The molecule has 1 aromatic carbocycles. The van der Waals surface area contributed by atoms with Gasteiger partial charge in [-0.25, -0.2) is 14.6 Å². The lowest BCUT2D eigenvalue weighted by molar-refractivity contribution is -0.121. The standard InChI is InChI=1S/C21H22ClN5O2/c1-21(2)15-11-13(6-8-16(15)26(3)20(21)29)19-24-18(5-4-10-28)25-27(19)14-7-9-17(22)23-12-14/h6-9,11-12,28H,4-5,10H2,1-3H3. The second-order valence-electron chi connectivity index (χ2n) is 7.65. The van der Waals surface area contributed by atoms with Crippen molar-refractivity contribution in [2.24, 2.45) is 0 Å². The van der Waals surface area contributed by atoms with E-state index in [1.807, 2.05) is 38.1 Å². The number of anilines is 1. The van der Waals surface area contributed by atoms with Crippen molar-refractivity contribution in [1.82, 2.24) is 19.7 Å². The van der Waals surface area contributed by atoms with E-state index in [9.17, 15) is 4.79 Å². The van der Waals surface area contributed by atoms with Gasteiger partial charge in [0.2, 0.25) is 5.91 Å². The van der Waals surface area contributed by atoms with Gasteiger partial charge in [0.15, 0.2) is 11.6 Å². The van der Waals surface area contributed by atoms with Gasteiger partial charge in [-0.1, -0.05) is 11.6 Å². The number of fused-ring (bicyclic) bond motifs is 1. The molecular formula is C21H22ClN5O2. The number of rotatable bonds is 5. The van der Waals surface area contributed by atoms with Crippen LogP contribution in [0.3, 0.4) is 0 Å². The molecule has 0 aliphatic carbocycles. The van der Waals surface area contributed by atoms with Gasteiger partial charge in [-0.05, 0) is 56.2 Å². The molecule has 0 spiro atoms. The molecule has 0 saturated heterocycles. The third-order valence-corrected chi connectivity index (χ3v) is 5.52. The quantitative estimate of drug-likeness (QED) is 0.652. The van der Waals surface area contributed by atoms with Crippen LogP contribution in [0.4, 0.5) is 5.69 Å². The Balaban J connectivity index is 1.85. The molecule has 1 amide bonds. The Bertz CT molecular complexity index is 1080. The van der Waals surface area contributed by atoms with E-state index < -0.39 is 5.41 Å². The van der Waals surface area contributed by atoms with Crippen LogP contribution >= 0.6 is 11.6 Å². The lowest BCUT2D eigenvalue weighted by Crippen LogP contribution is -2.33. The SMILES string of the molecule is CN1C(=O)C(C)(C)c2cc(-c3nc(CCCO)nn3-c3ccc(Cl)nc3)ccc21. The fraction of sp³-hybridized carbons (Fsp3) is 0.333. The third kappa shape index (κ3) is 3.30. The van der Waals surface area contributed by atoms with Crippen molar-refractivity contribution in [3.63, 3.8) is 0 Å². The minimum Gasteiger partial charge on any atom is -0.396 e. The highest BCUT2D eigenvalue weighted by Crippen LogP contribution is 2.42. The first-order valence-electron chi connectivity index (χ1n) is 9.44. The number of carbonyl (C=O) groups excluding carboxylic acids is 1. The van der Waals surface area contributed by atoms with Crippen LogP contribution in [0.5, 0.6) is 0 Å². The van der Waals surface area contributed by atoms with Crippen LogP contribution in [0.1, 0.15) is 31.7 Å². The van der Waals surface area contributed by atoms with Crippen molar-refractivity contribution >= 4 is 23.2 Å². The number of likely N-dealkylation sites (N-methyl/N-ethyl adjacent to an activating group) is 1. The maximum atomic E-state index is 12.6. The van der Waals surface area contributed by atoms with Gasteiger partial charge >= 0.3 is 0 Å². The highest BCUT2D eigenvalue weighted by molar-refractivity contribution is 6.29. The number of aryl methyl sites for hydroxylation is 1. The molecule has 0 unspecified atom stereocenters. The van der Waals surface area contributed by atoms with Crippen LogP contribution in [0.15, 0.2) is 36.5 Å². The van der Waals surface area contributed by atoms with E-state index in [2.05, 4.69) is 10.1 Å². The highest BCUT2D eigenvalue weighted by atomic mass is 35.5. The summed E-state index contributed by atoms with van der Waals surface area (Å²) < 4.78 is 1.73. The number of hydrogen-bond donors (Lipinski definition) is 1. The lowest BCUT2D eigenvalue weighted by atomic mass is 9.85. The zero-order valence-corrected chi connectivity index (χ0v) is 17.3. The zero-order chi connectivity index (χ0) is 20.8. The molecule has 1 N–H and O–H groups in total. The highest BCUT2D eigenvalue weighted by Gasteiger charge is 2.42. The molecule has 150 valence electrons. The van der Waals surface area contributed by atoms with Gasteiger partial charge in [0.05, 0.1) is 17.3 Å². The summed E-state index contributed by atoms with van der Waals surface area (Å²) in [5.74, 6) is 1.36. The van der Waals surface area contributed by atoms with Crippen molar-refractivity contribution in [3.05, 3.63) is 53.1 Å². The summed E-state index contributed by atoms with van der Waals surface area (Å²) in [7, 11) is 1.80. The first-order valence-corrected chi connectivity index (χ1v) is 9.82. The molecule has 7 nitrogen and oxygen atoms in total. The molecule has 3 heterocycles. The molecule has 4 rings (SSSR count). The summed E-state index contributed by atoms with van der Waals surface area (Å²) >= 11 is 5.93. The van der Waals surface area contributed by atoms with Crippen molar-refractivity contribution in [2.45, 2.75) is 32.1 Å². The number of nitrogens with zero attached hydrogens (tertiary/aromatic N) is 5. The molecule has 2 aromatic heterocycles. The average molecular weight is 412 g/mol. The molecule has 8 heteroatoms. The summed E-state index contributed by atoms with van der Waals surface area (Å²) in [6.45, 7) is 3.94. The van der Waals surface area contributed by atoms with Crippen LogP contribution in [0.25, 0.3) is 17.1 Å². The lowest BCUT2D eigenvalue weighted by Gasteiger charge is -2.16. The van der Waals surface area contributed by atoms with Crippen LogP contribution in [-0.2, 0) is 16.6 Å². The number of carbonyl (C=O) groups is 1. The smallest absolute Gasteiger partial charge is 0.236 e. The molecule has 29 heavy (non-hydrogen) atoms. The summed E-state index contributed by atoms with van der Waals surface area (Å²) in [6, 6.07) is 9.44. The van der Waals surface area contributed by atoms with Gasteiger partial charge in [-0.2, -0.15) is 5.10 Å². The minimum atomic E-state index is -0.605. The Morgan fingerprint density at radius 2 is 2.00 bits per heavy atom. The summed E-state index contributed by atoms with van der Waals surface area (Å²) in [5.41, 5.74) is 2.86. The Hall–Kier alpha value is -2.77. The number of amides is 1. The second-order valence-corrected chi connectivity index (χ2v) is 8.04. The molecule has 0 bridgehead atoms. The van der Waals surface area contributed by atoms with E-state index >= 15 is 0 Å². The Labute approximate surface area is 174 Å². The number of pyridine rings is 1. The van der Waals surface area contributed by atoms with Crippen molar-refractivity contribution in [3.8, 4) is 17.1 Å². The zero-order valence-electron chi connectivity index (χ0n) is 16.6. The molecule has 0 saturated carbocycles. The fourth-order valence-corrected chi connectivity index (χ4v) is 3.78. The van der Waals surface area contributed by atoms with E-state index in [-0.39, 0.29) is 12.5 Å². The first-order chi connectivity index (χ1) is 13.8. The molecule has 1 aliphatic rings. The molecule has 0 atom stereocenters. The maximum absolute atomic E-state index is 12.6. The van der Waals surface area contributed by atoms with Gasteiger partial charge in [0.1, 0.15) is 5.15 Å². The largest absolute Gasteiger partial charge is 0.396 e. The van der Waals surface area contributed by atoms with Gasteiger partial charge in [0.25, 0.3) is 0 Å². The predicted octanol–water partition coefficient (Wildman–Crippen LogP) is 3.16. The summed E-state index contributed by atoms with van der Waals surface area (Å²) in [4.78, 5) is 23.2. The van der Waals surface area contributed by atoms with Crippen molar-refractivity contribution < 1.29 is 9.90 Å². The van der Waals surface area contributed by atoms with E-state index in [1.165, 1.54) is 0 Å². The van der Waals surface area contributed by atoms with E-state index in [4.69, 9.17) is 21.7 Å². The number of halogens is 1. The topological polar surface area (TPSA) is 84.1 Å². The molecule has 0 fully saturated rings. The summed E-state index contributed by atoms with van der Waals surface area (Å²) in [5, 5.41) is 14.2. The van der Waals surface area contributed by atoms with Crippen LogP contribution in [0, 0.1) is 0 Å². The number of aromatic nitrogens is 4. The number of hydrogen-bond acceptors (Lipinski definition) is 5. The average Bonchev–Trinajstić information content (AvgIpc) is 3.21. The first kappa shape index (κ1) is 19.5. The Kier molecular flexibility index (Phi) is 4.88. The molecular weight excluding hydrogens is 390 g/mol. The predicted molar refractivity (Wildman–Crippen MR) is 111 cm³/mol. The maximum Gasteiger partial charge on any atom is 0.236 e. The molecule has 1 aliphatic heterocycles. The minimum absolute atomic E-state index is 0.0663. The fourth-order valence-electron chi connectivity index (χ4n) is 3.67. The second kappa shape index (κ2) is 7.24. The van der Waals surface area contributed by atoms with Crippen LogP contribution in [-0.4, -0.2) is 44.4 Å². The van der Waals surface area contributed by atoms with E-state index in [1.54, 1.807) is 28.9 Å². The number of aliphatic hydroxyl groups excluding tert-OH is 1. The Morgan fingerprint density at radius 3 is 2.69 bits per heavy atom. The van der Waals surface area contributed by atoms with Crippen LogP contribution < -0.4 is 4.90 Å². The van der Waals surface area contributed by atoms with E-state index in [0.29, 0.717) is 29.6 Å². The summed E-state index contributed by atoms with van der Waals surface area (Å²) in [6.07, 6.45) is 2.79. The monoisotopic (exact) mass is 411 g/mol. The normalized spacial score (nSPS) is 15.1. The Morgan fingerprint density at radius 1 is 1.21 bits per heavy atom. The van der Waals surface area contributed by atoms with Crippen LogP contribution in [0.2, 0.25) is 5.15 Å². The van der Waals surface area contributed by atoms with Crippen molar-refractivity contribution in [1.29, 1.82) is 0 Å². The number of aliphatic hydroxyl groups is 1. The molecule has 3 aromatic rings. The van der Waals surface area contributed by atoms with E-state index in [0.717, 1.165) is 22.5 Å². The van der Waals surface area contributed by atoms with Gasteiger partial charge in [0, 0.05) is 31.3 Å². The molecule has 0 radical (unpaired) electrons.